The van der Waals surface area contributed by atoms with Crippen LogP contribution in [-0.2, 0) is 11.3 Å². The van der Waals surface area contributed by atoms with Crippen LogP contribution < -0.4 is 4.74 Å². The van der Waals surface area contributed by atoms with Gasteiger partial charge in [-0.2, -0.15) is 0 Å². The smallest absolute Gasteiger partial charge is 0.233 e. The number of aromatic nitrogens is 5. The maximum atomic E-state index is 14.2. The third-order valence-electron chi connectivity index (χ3n) is 8.51. The van der Waals surface area contributed by atoms with Crippen molar-refractivity contribution in [2.24, 2.45) is 0 Å². The van der Waals surface area contributed by atoms with Crippen LogP contribution in [0.25, 0.3) is 5.69 Å². The number of fused-ring (bicyclic) bond motifs is 1. The van der Waals surface area contributed by atoms with Gasteiger partial charge in [0, 0.05) is 61.1 Å². The van der Waals surface area contributed by atoms with Gasteiger partial charge >= 0.3 is 0 Å². The molecule has 0 bridgehead atoms. The summed E-state index contributed by atoms with van der Waals surface area (Å²) in [5.41, 5.74) is 3.12. The van der Waals surface area contributed by atoms with Crippen LogP contribution in [0.1, 0.15) is 57.0 Å². The molecule has 0 aliphatic carbocycles. The molecule has 2 aromatic carbocycles. The summed E-state index contributed by atoms with van der Waals surface area (Å²) in [4.78, 5) is 22.1. The third kappa shape index (κ3) is 6.23. The monoisotopic (exact) mass is 637 g/mol. The van der Waals surface area contributed by atoms with Crippen molar-refractivity contribution >= 4 is 29.3 Å². The van der Waals surface area contributed by atoms with E-state index in [1.54, 1.807) is 12.3 Å². The van der Waals surface area contributed by atoms with Crippen molar-refractivity contribution in [3.8, 4) is 11.4 Å². The van der Waals surface area contributed by atoms with Crippen molar-refractivity contribution in [1.29, 1.82) is 0 Å². The summed E-state index contributed by atoms with van der Waals surface area (Å²) in [5.74, 6) is 0.764. The lowest BCUT2D eigenvalue weighted by atomic mass is 9.90. The van der Waals surface area contributed by atoms with E-state index in [0.717, 1.165) is 27.7 Å². The fourth-order valence-electron chi connectivity index (χ4n) is 6.28. The number of halogens is 2. The van der Waals surface area contributed by atoms with Crippen molar-refractivity contribution in [2.75, 3.05) is 18.8 Å². The van der Waals surface area contributed by atoms with Crippen LogP contribution in [0.4, 0.5) is 4.39 Å². The number of carbonyl (C=O) groups excluding carboxylic acids is 1. The molecule has 12 heteroatoms. The first-order chi connectivity index (χ1) is 21.0. The van der Waals surface area contributed by atoms with Crippen molar-refractivity contribution in [1.82, 2.24) is 34.3 Å². The van der Waals surface area contributed by atoms with Crippen molar-refractivity contribution in [3.63, 3.8) is 0 Å². The number of carbonyl (C=O) groups is 1. The molecule has 0 radical (unpaired) electrons. The number of hydrogen-bond acceptors (Lipinski definition) is 7. The molecule has 1 saturated heterocycles. The predicted molar refractivity (Wildman–Crippen MR) is 169 cm³/mol. The standard InChI is InChI=1S/C32H37ClFN7O2S/c1-20-15-38(30(42)19-44-31-35-11-12-39(31)27-8-6-7-26(33)22(27)3)16-21(2)40(20)17-24-18-41(37-36-24)28-14-32(4,5)43-29-10-9-23(34)13-25(28)29/h6-13,18,20-21,28H,14-17,19H2,1-5H3/t20-,21+,28-/m1/s1. The third-order valence-corrected chi connectivity index (χ3v) is 9.87. The van der Waals surface area contributed by atoms with E-state index in [1.165, 1.54) is 23.9 Å². The summed E-state index contributed by atoms with van der Waals surface area (Å²) in [6, 6.07) is 10.5. The number of benzene rings is 2. The molecule has 9 nitrogen and oxygen atoms in total. The molecule has 44 heavy (non-hydrogen) atoms. The first-order valence-corrected chi connectivity index (χ1v) is 16.2. The van der Waals surface area contributed by atoms with Gasteiger partial charge in [0.05, 0.1) is 29.4 Å². The molecule has 0 N–H and O–H groups in total. The zero-order chi connectivity index (χ0) is 31.2. The van der Waals surface area contributed by atoms with Crippen molar-refractivity contribution < 1.29 is 13.9 Å². The van der Waals surface area contributed by atoms with Gasteiger partial charge in [0.1, 0.15) is 17.2 Å². The van der Waals surface area contributed by atoms with Crippen molar-refractivity contribution in [3.05, 3.63) is 82.6 Å². The number of imidazole rings is 1. The van der Waals surface area contributed by atoms with E-state index < -0.39 is 5.60 Å². The van der Waals surface area contributed by atoms with Gasteiger partial charge in [0.2, 0.25) is 5.91 Å². The van der Waals surface area contributed by atoms with Gasteiger partial charge in [-0.1, -0.05) is 34.6 Å². The lowest BCUT2D eigenvalue weighted by Gasteiger charge is -2.44. The molecule has 0 saturated carbocycles. The van der Waals surface area contributed by atoms with E-state index in [1.807, 2.05) is 65.5 Å². The number of piperazine rings is 1. The minimum absolute atomic E-state index is 0.0877. The van der Waals surface area contributed by atoms with E-state index in [9.17, 15) is 9.18 Å². The second-order valence-corrected chi connectivity index (χ2v) is 13.7. The molecule has 2 aromatic heterocycles. The van der Waals surface area contributed by atoms with E-state index in [0.29, 0.717) is 42.6 Å². The largest absolute Gasteiger partial charge is 0.487 e. The molecule has 0 spiro atoms. The molecule has 0 unspecified atom stereocenters. The number of hydrogen-bond donors (Lipinski definition) is 0. The fourth-order valence-corrected chi connectivity index (χ4v) is 7.31. The number of thioether (sulfide) groups is 1. The maximum absolute atomic E-state index is 14.2. The van der Waals surface area contributed by atoms with Crippen LogP contribution >= 0.6 is 23.4 Å². The molecule has 2 aliphatic rings. The zero-order valence-electron chi connectivity index (χ0n) is 25.6. The van der Waals surface area contributed by atoms with Gasteiger partial charge in [-0.15, -0.1) is 5.10 Å². The van der Waals surface area contributed by atoms with E-state index >= 15 is 0 Å². The van der Waals surface area contributed by atoms with E-state index in [4.69, 9.17) is 16.3 Å². The molecule has 3 atom stereocenters. The number of nitrogens with zero attached hydrogens (tertiary/aromatic N) is 7. The van der Waals surface area contributed by atoms with Gasteiger partial charge in [0.25, 0.3) is 0 Å². The number of amides is 1. The van der Waals surface area contributed by atoms with E-state index in [-0.39, 0.29) is 29.8 Å². The molecule has 232 valence electrons. The predicted octanol–water partition coefficient (Wildman–Crippen LogP) is 5.93. The van der Waals surface area contributed by atoms with Crippen LogP contribution in [0.3, 0.4) is 0 Å². The highest BCUT2D eigenvalue weighted by Crippen LogP contribution is 2.41. The Morgan fingerprint density at radius 3 is 2.73 bits per heavy atom. The van der Waals surface area contributed by atoms with Gasteiger partial charge < -0.3 is 9.64 Å². The summed E-state index contributed by atoms with van der Waals surface area (Å²) in [7, 11) is 0. The molecule has 1 fully saturated rings. The van der Waals surface area contributed by atoms with Gasteiger partial charge in [0.15, 0.2) is 5.16 Å². The normalized spacial score (nSPS) is 21.6. The summed E-state index contributed by atoms with van der Waals surface area (Å²) in [5, 5.41) is 10.4. The highest BCUT2D eigenvalue weighted by atomic mass is 35.5. The minimum atomic E-state index is -0.417. The molecular weight excluding hydrogens is 601 g/mol. The molecule has 2 aliphatic heterocycles. The lowest BCUT2D eigenvalue weighted by molar-refractivity contribution is -0.132. The van der Waals surface area contributed by atoms with E-state index in [2.05, 4.69) is 34.0 Å². The second kappa shape index (κ2) is 12.2. The van der Waals surface area contributed by atoms with Crippen LogP contribution in [0, 0.1) is 12.7 Å². The van der Waals surface area contributed by atoms with Crippen LogP contribution in [-0.4, -0.2) is 76.8 Å². The Balaban J connectivity index is 1.09. The maximum Gasteiger partial charge on any atom is 0.233 e. The summed E-state index contributed by atoms with van der Waals surface area (Å²) in [6.07, 6.45) is 6.24. The molecular formula is C32H37ClFN7O2S. The number of rotatable bonds is 7. The first kappa shape index (κ1) is 30.6. The number of ether oxygens (including phenoxy) is 1. The SMILES string of the molecule is Cc1c(Cl)cccc1-n1ccnc1SCC(=O)N1C[C@@H](C)N(Cc2cn([C@@H]3CC(C)(C)Oc4ccc(F)cc43)nn2)[C@@H](C)C1. The minimum Gasteiger partial charge on any atom is -0.487 e. The quantitative estimate of drug-likeness (QED) is 0.232. The Morgan fingerprint density at radius 2 is 1.95 bits per heavy atom. The Bertz CT molecular complexity index is 1660. The first-order valence-electron chi connectivity index (χ1n) is 14.8. The molecule has 1 amide bonds. The lowest BCUT2D eigenvalue weighted by Crippen LogP contribution is -2.57. The average Bonchev–Trinajstić information content (AvgIpc) is 3.64. The van der Waals surface area contributed by atoms with Gasteiger partial charge in [-0.05, 0) is 70.5 Å². The Morgan fingerprint density at radius 1 is 1.18 bits per heavy atom. The Hall–Kier alpha value is -3.41. The van der Waals surface area contributed by atoms with Crippen LogP contribution in [0.5, 0.6) is 5.75 Å². The molecule has 4 heterocycles. The van der Waals surface area contributed by atoms with Crippen LogP contribution in [0.15, 0.2) is 60.1 Å². The molecule has 6 rings (SSSR count). The highest BCUT2D eigenvalue weighted by molar-refractivity contribution is 7.99. The topological polar surface area (TPSA) is 81.3 Å². The fraction of sp³-hybridized carbons (Fsp3) is 0.438. The summed E-state index contributed by atoms with van der Waals surface area (Å²) >= 11 is 7.78. The zero-order valence-corrected chi connectivity index (χ0v) is 27.1. The van der Waals surface area contributed by atoms with Crippen molar-refractivity contribution in [2.45, 2.75) is 76.5 Å². The summed E-state index contributed by atoms with van der Waals surface area (Å²) < 4.78 is 24.1. The average molecular weight is 638 g/mol. The highest BCUT2D eigenvalue weighted by Gasteiger charge is 2.37. The molecule has 4 aromatic rings. The Kier molecular flexibility index (Phi) is 8.47. The Labute approximate surface area is 266 Å². The van der Waals surface area contributed by atoms with Crippen LogP contribution in [0.2, 0.25) is 5.02 Å². The van der Waals surface area contributed by atoms with Gasteiger partial charge in [-0.3, -0.25) is 14.3 Å². The summed E-state index contributed by atoms with van der Waals surface area (Å²) in [6.45, 7) is 12.2. The van der Waals surface area contributed by atoms with Gasteiger partial charge in [-0.25, -0.2) is 14.1 Å². The second-order valence-electron chi connectivity index (χ2n) is 12.4.